The van der Waals surface area contributed by atoms with Gasteiger partial charge in [0.2, 0.25) is 5.95 Å². The van der Waals surface area contributed by atoms with Crippen molar-refractivity contribution in [2.45, 2.75) is 6.54 Å². The van der Waals surface area contributed by atoms with Crippen LogP contribution in [0.2, 0.25) is 0 Å². The SMILES string of the molecule is CN(C)CCNc1ccnc(N2CCN(Cc3ccccc3)CC2)n1. The van der Waals surface area contributed by atoms with E-state index in [1.54, 1.807) is 0 Å². The number of nitrogens with one attached hydrogen (secondary N) is 1. The summed E-state index contributed by atoms with van der Waals surface area (Å²) in [5.74, 6) is 1.73. The van der Waals surface area contributed by atoms with Gasteiger partial charge in [-0.1, -0.05) is 30.3 Å². The van der Waals surface area contributed by atoms with Crippen LogP contribution in [0.4, 0.5) is 11.8 Å². The number of piperazine rings is 1. The number of nitrogens with zero attached hydrogens (tertiary/aromatic N) is 5. The van der Waals surface area contributed by atoms with E-state index in [0.29, 0.717) is 0 Å². The van der Waals surface area contributed by atoms with E-state index < -0.39 is 0 Å². The number of hydrogen-bond donors (Lipinski definition) is 1. The Kier molecular flexibility index (Phi) is 6.19. The van der Waals surface area contributed by atoms with Crippen molar-refractivity contribution >= 4 is 11.8 Å². The lowest BCUT2D eigenvalue weighted by Crippen LogP contribution is -2.46. The average molecular weight is 340 g/mol. The molecule has 0 unspecified atom stereocenters. The van der Waals surface area contributed by atoms with E-state index in [4.69, 9.17) is 0 Å². The number of hydrogen-bond acceptors (Lipinski definition) is 6. The Morgan fingerprint density at radius 2 is 1.80 bits per heavy atom. The van der Waals surface area contributed by atoms with E-state index in [2.05, 4.69) is 74.4 Å². The summed E-state index contributed by atoms with van der Waals surface area (Å²) in [5.41, 5.74) is 1.37. The van der Waals surface area contributed by atoms with Gasteiger partial charge in [0.15, 0.2) is 0 Å². The molecule has 1 N–H and O–H groups in total. The van der Waals surface area contributed by atoms with Crippen LogP contribution in [0.1, 0.15) is 5.56 Å². The van der Waals surface area contributed by atoms with Gasteiger partial charge in [0, 0.05) is 52.0 Å². The highest BCUT2D eigenvalue weighted by Crippen LogP contribution is 2.15. The van der Waals surface area contributed by atoms with Crippen LogP contribution in [0.25, 0.3) is 0 Å². The average Bonchev–Trinajstić information content (AvgIpc) is 2.63. The minimum absolute atomic E-state index is 0.828. The molecule has 1 aliphatic rings. The summed E-state index contributed by atoms with van der Waals surface area (Å²) >= 11 is 0. The van der Waals surface area contributed by atoms with Crippen LogP contribution in [-0.2, 0) is 6.54 Å². The van der Waals surface area contributed by atoms with E-state index in [-0.39, 0.29) is 0 Å². The molecule has 1 aliphatic heterocycles. The molecule has 0 atom stereocenters. The van der Waals surface area contributed by atoms with Crippen LogP contribution in [0.3, 0.4) is 0 Å². The Bertz CT molecular complexity index is 637. The molecular weight excluding hydrogens is 312 g/mol. The summed E-state index contributed by atoms with van der Waals surface area (Å²) in [6.07, 6.45) is 1.84. The maximum atomic E-state index is 4.67. The second-order valence-corrected chi connectivity index (χ2v) is 6.72. The fraction of sp³-hybridized carbons (Fsp3) is 0.474. The van der Waals surface area contributed by atoms with Crippen LogP contribution in [0.5, 0.6) is 0 Å². The molecule has 2 heterocycles. The normalized spacial score (nSPS) is 15.6. The van der Waals surface area contributed by atoms with Crippen molar-refractivity contribution in [3.05, 3.63) is 48.2 Å². The number of benzene rings is 1. The van der Waals surface area contributed by atoms with Crippen molar-refractivity contribution in [1.82, 2.24) is 19.8 Å². The van der Waals surface area contributed by atoms with Gasteiger partial charge in [0.1, 0.15) is 5.82 Å². The van der Waals surface area contributed by atoms with Gasteiger partial charge in [-0.05, 0) is 25.7 Å². The Labute approximate surface area is 150 Å². The van der Waals surface area contributed by atoms with Gasteiger partial charge >= 0.3 is 0 Å². The number of anilines is 2. The Balaban J connectivity index is 1.50. The zero-order valence-electron chi connectivity index (χ0n) is 15.2. The monoisotopic (exact) mass is 340 g/mol. The molecule has 0 spiro atoms. The minimum atomic E-state index is 0.828. The summed E-state index contributed by atoms with van der Waals surface area (Å²) in [7, 11) is 4.14. The molecule has 0 aliphatic carbocycles. The molecule has 1 saturated heterocycles. The third kappa shape index (κ3) is 5.41. The molecule has 6 nitrogen and oxygen atoms in total. The fourth-order valence-corrected chi connectivity index (χ4v) is 2.95. The molecule has 134 valence electrons. The quantitative estimate of drug-likeness (QED) is 0.829. The lowest BCUT2D eigenvalue weighted by molar-refractivity contribution is 0.248. The van der Waals surface area contributed by atoms with Gasteiger partial charge in [-0.3, -0.25) is 4.90 Å². The molecule has 1 aromatic heterocycles. The maximum Gasteiger partial charge on any atom is 0.227 e. The van der Waals surface area contributed by atoms with Gasteiger partial charge in [-0.2, -0.15) is 4.98 Å². The second kappa shape index (κ2) is 8.78. The van der Waals surface area contributed by atoms with Gasteiger partial charge in [0.05, 0.1) is 0 Å². The minimum Gasteiger partial charge on any atom is -0.369 e. The van der Waals surface area contributed by atoms with Crippen LogP contribution in [0, 0.1) is 0 Å². The van der Waals surface area contributed by atoms with Gasteiger partial charge in [-0.15, -0.1) is 0 Å². The standard InChI is InChI=1S/C19H28N6/c1-23(2)11-10-20-18-8-9-21-19(22-18)25-14-12-24(13-15-25)16-17-6-4-3-5-7-17/h3-9H,10-16H2,1-2H3,(H,20,21,22). The number of aromatic nitrogens is 2. The highest BCUT2D eigenvalue weighted by atomic mass is 15.3. The highest BCUT2D eigenvalue weighted by Gasteiger charge is 2.19. The Morgan fingerprint density at radius 1 is 1.04 bits per heavy atom. The van der Waals surface area contributed by atoms with E-state index in [1.807, 2.05) is 12.3 Å². The predicted molar refractivity (Wildman–Crippen MR) is 103 cm³/mol. The third-order valence-electron chi connectivity index (χ3n) is 4.41. The first-order chi connectivity index (χ1) is 12.2. The molecule has 0 amide bonds. The summed E-state index contributed by atoms with van der Waals surface area (Å²) < 4.78 is 0. The van der Waals surface area contributed by atoms with Crippen LogP contribution < -0.4 is 10.2 Å². The highest BCUT2D eigenvalue weighted by molar-refractivity contribution is 5.41. The number of rotatable bonds is 7. The molecule has 1 fully saturated rings. The summed E-state index contributed by atoms with van der Waals surface area (Å²) in [4.78, 5) is 16.1. The first-order valence-corrected chi connectivity index (χ1v) is 8.93. The summed E-state index contributed by atoms with van der Waals surface area (Å²) in [5, 5.41) is 3.37. The van der Waals surface area contributed by atoms with Crippen LogP contribution >= 0.6 is 0 Å². The van der Waals surface area contributed by atoms with Gasteiger partial charge in [0.25, 0.3) is 0 Å². The van der Waals surface area contributed by atoms with E-state index >= 15 is 0 Å². The van der Waals surface area contributed by atoms with Crippen molar-refractivity contribution in [2.24, 2.45) is 0 Å². The first-order valence-electron chi connectivity index (χ1n) is 8.93. The molecular formula is C19H28N6. The van der Waals surface area contributed by atoms with Crippen LogP contribution in [-0.4, -0.2) is 73.1 Å². The molecule has 0 radical (unpaired) electrons. The number of likely N-dealkylation sites (N-methyl/N-ethyl adjacent to an activating group) is 1. The molecule has 6 heteroatoms. The molecule has 0 saturated carbocycles. The predicted octanol–water partition coefficient (Wildman–Crippen LogP) is 1.77. The molecule has 3 rings (SSSR count). The van der Waals surface area contributed by atoms with E-state index in [0.717, 1.165) is 57.6 Å². The second-order valence-electron chi connectivity index (χ2n) is 6.72. The summed E-state index contributed by atoms with van der Waals surface area (Å²) in [6, 6.07) is 12.6. The van der Waals surface area contributed by atoms with Crippen LogP contribution in [0.15, 0.2) is 42.6 Å². The van der Waals surface area contributed by atoms with Crippen molar-refractivity contribution in [3.8, 4) is 0 Å². The van der Waals surface area contributed by atoms with Crippen molar-refractivity contribution in [1.29, 1.82) is 0 Å². The lowest BCUT2D eigenvalue weighted by atomic mass is 10.2. The van der Waals surface area contributed by atoms with E-state index in [1.165, 1.54) is 5.56 Å². The molecule has 0 bridgehead atoms. The third-order valence-corrected chi connectivity index (χ3v) is 4.41. The van der Waals surface area contributed by atoms with Crippen molar-refractivity contribution in [3.63, 3.8) is 0 Å². The first kappa shape index (κ1) is 17.6. The Hall–Kier alpha value is -2.18. The van der Waals surface area contributed by atoms with Crippen molar-refractivity contribution < 1.29 is 0 Å². The maximum absolute atomic E-state index is 4.67. The lowest BCUT2D eigenvalue weighted by Gasteiger charge is -2.34. The zero-order chi connectivity index (χ0) is 17.5. The molecule has 2 aromatic rings. The van der Waals surface area contributed by atoms with Gasteiger partial charge in [-0.25, -0.2) is 4.98 Å². The molecule has 25 heavy (non-hydrogen) atoms. The van der Waals surface area contributed by atoms with Crippen molar-refractivity contribution in [2.75, 3.05) is 63.6 Å². The summed E-state index contributed by atoms with van der Waals surface area (Å²) in [6.45, 7) is 6.89. The zero-order valence-corrected chi connectivity index (χ0v) is 15.2. The smallest absolute Gasteiger partial charge is 0.227 e. The fourth-order valence-electron chi connectivity index (χ4n) is 2.95. The topological polar surface area (TPSA) is 47.5 Å². The Morgan fingerprint density at radius 3 is 2.52 bits per heavy atom. The molecule has 1 aromatic carbocycles. The van der Waals surface area contributed by atoms with Gasteiger partial charge < -0.3 is 15.1 Å². The largest absolute Gasteiger partial charge is 0.369 e. The van der Waals surface area contributed by atoms with E-state index in [9.17, 15) is 0 Å².